The summed E-state index contributed by atoms with van der Waals surface area (Å²) in [7, 11) is -1.55. The van der Waals surface area contributed by atoms with E-state index >= 15 is 0 Å². The summed E-state index contributed by atoms with van der Waals surface area (Å²) in [5, 5.41) is 28.5. The van der Waals surface area contributed by atoms with Crippen LogP contribution in [0.15, 0.2) is 23.1 Å². The van der Waals surface area contributed by atoms with Gasteiger partial charge in [-0.15, -0.1) is 0 Å². The number of hydrogen-bond acceptors (Lipinski definition) is 4. The number of aliphatic hydroxyl groups is 2. The van der Waals surface area contributed by atoms with Gasteiger partial charge >= 0.3 is 0 Å². The zero-order chi connectivity index (χ0) is 14.0. The second-order valence-corrected chi connectivity index (χ2v) is 6.39. The molecule has 5 nitrogen and oxygen atoms in total. The van der Waals surface area contributed by atoms with E-state index in [4.69, 9.17) is 22.0 Å². The van der Waals surface area contributed by atoms with E-state index in [0.29, 0.717) is 22.9 Å². The number of aliphatic hydroxyl groups excluding tert-OH is 1. The quantitative estimate of drug-likeness (QED) is 0.859. The minimum atomic E-state index is -1.55. The van der Waals surface area contributed by atoms with E-state index < -0.39 is 16.6 Å². The summed E-state index contributed by atoms with van der Waals surface area (Å²) in [5.74, 6) is 0. The van der Waals surface area contributed by atoms with Crippen molar-refractivity contribution in [1.82, 2.24) is 4.31 Å². The van der Waals surface area contributed by atoms with Crippen LogP contribution >= 0.6 is 11.6 Å². The van der Waals surface area contributed by atoms with Gasteiger partial charge in [0.05, 0.1) is 17.1 Å². The molecule has 1 heterocycles. The molecule has 0 spiro atoms. The molecule has 1 fully saturated rings. The summed E-state index contributed by atoms with van der Waals surface area (Å²) < 4.78 is 13.9. The Bertz CT molecular complexity index is 560. The van der Waals surface area contributed by atoms with Crippen molar-refractivity contribution in [3.63, 3.8) is 0 Å². The fraction of sp³-hybridized carbons (Fsp3) is 0.417. The summed E-state index contributed by atoms with van der Waals surface area (Å²) >= 11 is 5.79. The van der Waals surface area contributed by atoms with Gasteiger partial charge in [-0.05, 0) is 24.6 Å². The van der Waals surface area contributed by atoms with Gasteiger partial charge in [0.25, 0.3) is 0 Å². The monoisotopic (exact) mass is 300 g/mol. The highest BCUT2D eigenvalue weighted by Gasteiger charge is 2.38. The molecule has 7 heteroatoms. The van der Waals surface area contributed by atoms with Crippen LogP contribution in [-0.2, 0) is 11.0 Å². The van der Waals surface area contributed by atoms with Crippen LogP contribution < -0.4 is 0 Å². The van der Waals surface area contributed by atoms with E-state index in [9.17, 15) is 9.32 Å². The molecule has 1 saturated heterocycles. The summed E-state index contributed by atoms with van der Waals surface area (Å²) in [6, 6.07) is 6.54. The van der Waals surface area contributed by atoms with Crippen LogP contribution in [-0.4, -0.2) is 44.0 Å². The summed E-state index contributed by atoms with van der Waals surface area (Å²) in [5.41, 5.74) is -0.959. The highest BCUT2D eigenvalue weighted by atomic mass is 35.5. The van der Waals surface area contributed by atoms with E-state index in [0.717, 1.165) is 0 Å². The zero-order valence-corrected chi connectivity index (χ0v) is 11.6. The lowest BCUT2D eigenvalue weighted by atomic mass is 10.1. The summed E-state index contributed by atoms with van der Waals surface area (Å²) in [6.45, 7) is 0.146. The highest BCUT2D eigenvalue weighted by Crippen LogP contribution is 2.27. The Hall–Kier alpha value is -0.970. The molecule has 0 amide bonds. The number of halogens is 1. The fourth-order valence-corrected chi connectivity index (χ4v) is 3.51. The molecule has 1 aliphatic heterocycles. The largest absolute Gasteiger partial charge is 0.393 e. The molecule has 19 heavy (non-hydrogen) atoms. The number of β-amino-alcohol motifs (C(OH)–C–C–N with tert-alkyl or cyclic N) is 1. The average Bonchev–Trinajstić information content (AvgIpc) is 2.81. The molecular formula is C12H13ClN2O3S. The molecule has 2 atom stereocenters. The molecule has 102 valence electrons. The maximum Gasteiger partial charge on any atom is 0.129 e. The van der Waals surface area contributed by atoms with Crippen molar-refractivity contribution < 1.29 is 14.4 Å². The fourth-order valence-electron chi connectivity index (χ4n) is 1.97. The van der Waals surface area contributed by atoms with Gasteiger partial charge in [-0.1, -0.05) is 11.6 Å². The van der Waals surface area contributed by atoms with Crippen molar-refractivity contribution in [2.45, 2.75) is 16.9 Å². The van der Waals surface area contributed by atoms with Gasteiger partial charge in [-0.3, -0.25) is 0 Å². The molecule has 0 radical (unpaired) electrons. The highest BCUT2D eigenvalue weighted by molar-refractivity contribution is 7.82. The van der Waals surface area contributed by atoms with Gasteiger partial charge in [-0.2, -0.15) is 5.26 Å². The second-order valence-electron chi connectivity index (χ2n) is 4.50. The van der Waals surface area contributed by atoms with Crippen molar-refractivity contribution in [2.75, 3.05) is 19.7 Å². The van der Waals surface area contributed by atoms with Gasteiger partial charge in [0.15, 0.2) is 0 Å². The Balaban J connectivity index is 2.25. The third-order valence-corrected chi connectivity index (χ3v) is 4.82. The number of nitriles is 1. The predicted molar refractivity (Wildman–Crippen MR) is 70.8 cm³/mol. The van der Waals surface area contributed by atoms with Crippen LogP contribution in [0.5, 0.6) is 0 Å². The molecule has 1 aromatic rings. The average molecular weight is 301 g/mol. The van der Waals surface area contributed by atoms with Crippen molar-refractivity contribution in [3.8, 4) is 6.07 Å². The van der Waals surface area contributed by atoms with Crippen LogP contribution in [0.4, 0.5) is 0 Å². The maximum absolute atomic E-state index is 12.4. The third-order valence-electron chi connectivity index (χ3n) is 3.08. The van der Waals surface area contributed by atoms with Crippen molar-refractivity contribution >= 4 is 22.6 Å². The third kappa shape index (κ3) is 2.96. The number of nitrogens with zero attached hydrogens (tertiary/aromatic N) is 2. The number of rotatable bonds is 3. The first-order valence-electron chi connectivity index (χ1n) is 5.69. The molecule has 0 saturated carbocycles. The van der Waals surface area contributed by atoms with Gasteiger partial charge in [-0.25, -0.2) is 8.51 Å². The van der Waals surface area contributed by atoms with Crippen LogP contribution in [0.3, 0.4) is 0 Å². The Morgan fingerprint density at radius 2 is 2.32 bits per heavy atom. The Labute approximate surface area is 118 Å². The first kappa shape index (κ1) is 14.4. The first-order chi connectivity index (χ1) is 8.99. The lowest BCUT2D eigenvalue weighted by Crippen LogP contribution is -2.37. The van der Waals surface area contributed by atoms with E-state index in [-0.39, 0.29) is 18.7 Å². The molecule has 0 bridgehead atoms. The first-order valence-corrected chi connectivity index (χ1v) is 7.17. The SMILES string of the molecule is N#Cc1cc(Cl)ccc1S(=O)N1CC[C@@](O)(CO)C1. The van der Waals surface area contributed by atoms with Crippen LogP contribution in [0.25, 0.3) is 0 Å². The predicted octanol–water partition coefficient (Wildman–Crippen LogP) is 0.663. The minimum Gasteiger partial charge on any atom is -0.393 e. The van der Waals surface area contributed by atoms with Gasteiger partial charge in [0.2, 0.25) is 0 Å². The summed E-state index contributed by atoms with van der Waals surface area (Å²) in [4.78, 5) is 0.370. The Kier molecular flexibility index (Phi) is 4.23. The normalized spacial score (nSPS) is 25.2. The van der Waals surface area contributed by atoms with Crippen molar-refractivity contribution in [2.24, 2.45) is 0 Å². The second kappa shape index (κ2) is 5.57. The van der Waals surface area contributed by atoms with Crippen molar-refractivity contribution in [1.29, 1.82) is 5.26 Å². The van der Waals surface area contributed by atoms with Crippen LogP contribution in [0.2, 0.25) is 5.02 Å². The number of benzene rings is 1. The summed E-state index contributed by atoms with van der Waals surface area (Å²) in [6.07, 6.45) is 0.352. The Morgan fingerprint density at radius 1 is 1.58 bits per heavy atom. The molecule has 1 aromatic carbocycles. The Morgan fingerprint density at radius 3 is 2.89 bits per heavy atom. The standard InChI is InChI=1S/C12H13ClN2O3S/c13-10-1-2-11(9(5-10)6-14)19(18)15-4-3-12(17,7-15)8-16/h1-2,5,16-17H,3-4,7-8H2/t12-,19?/m0/s1. The minimum absolute atomic E-state index is 0.115. The molecular weight excluding hydrogens is 288 g/mol. The smallest absolute Gasteiger partial charge is 0.129 e. The van der Waals surface area contributed by atoms with E-state index in [1.165, 1.54) is 6.07 Å². The lowest BCUT2D eigenvalue weighted by molar-refractivity contribution is -0.000503. The van der Waals surface area contributed by atoms with Crippen LogP contribution in [0, 0.1) is 11.3 Å². The van der Waals surface area contributed by atoms with E-state index in [1.807, 2.05) is 6.07 Å². The lowest BCUT2D eigenvalue weighted by Gasteiger charge is -2.20. The molecule has 0 aliphatic carbocycles. The molecule has 2 rings (SSSR count). The van der Waals surface area contributed by atoms with E-state index in [1.54, 1.807) is 16.4 Å². The zero-order valence-electron chi connectivity index (χ0n) is 10.0. The molecule has 2 N–H and O–H groups in total. The molecule has 1 unspecified atom stereocenters. The number of hydrogen-bond donors (Lipinski definition) is 2. The van der Waals surface area contributed by atoms with E-state index in [2.05, 4.69) is 0 Å². The molecule has 0 aromatic heterocycles. The van der Waals surface area contributed by atoms with Gasteiger partial charge < -0.3 is 10.2 Å². The topological polar surface area (TPSA) is 84.6 Å². The van der Waals surface area contributed by atoms with Gasteiger partial charge in [0.1, 0.15) is 22.7 Å². The van der Waals surface area contributed by atoms with Crippen molar-refractivity contribution in [3.05, 3.63) is 28.8 Å². The van der Waals surface area contributed by atoms with Crippen LogP contribution in [0.1, 0.15) is 12.0 Å². The maximum atomic E-state index is 12.4. The van der Waals surface area contributed by atoms with Gasteiger partial charge in [0, 0.05) is 18.1 Å². The molecule has 1 aliphatic rings.